The van der Waals surface area contributed by atoms with Gasteiger partial charge in [-0.2, -0.15) is 0 Å². The van der Waals surface area contributed by atoms with Crippen molar-refractivity contribution in [3.8, 4) is 17.1 Å². The van der Waals surface area contributed by atoms with Crippen LogP contribution in [0.5, 0.6) is 5.75 Å². The van der Waals surface area contributed by atoms with E-state index in [4.69, 9.17) is 9.72 Å². The quantitative estimate of drug-likeness (QED) is 0.368. The summed E-state index contributed by atoms with van der Waals surface area (Å²) in [6.45, 7) is 2.01. The first-order valence-corrected chi connectivity index (χ1v) is 10.6. The number of nitrogens with zero attached hydrogens (tertiary/aromatic N) is 3. The van der Waals surface area contributed by atoms with Gasteiger partial charge in [0.15, 0.2) is 10.1 Å². The highest BCUT2D eigenvalue weighted by Crippen LogP contribution is 2.38. The van der Waals surface area contributed by atoms with Crippen LogP contribution in [0.25, 0.3) is 16.3 Å². The molecule has 25 heavy (non-hydrogen) atoms. The predicted octanol–water partition coefficient (Wildman–Crippen LogP) is 6.10. The zero-order valence-electron chi connectivity index (χ0n) is 13.2. The standard InChI is InChI=1S/C16H12Br2N4OS2/c1-8-14(22-3-4-24-16(22)19-8)12-7-25-15(20-12)21-13-10(17)5-9(23-2)6-11(13)18/h3-7H,1-2H3,(H,20,21). The molecule has 0 saturated carbocycles. The van der Waals surface area contributed by atoms with E-state index in [-0.39, 0.29) is 0 Å². The number of rotatable bonds is 4. The Morgan fingerprint density at radius 1 is 1.16 bits per heavy atom. The van der Waals surface area contributed by atoms with Crippen molar-refractivity contribution in [3.05, 3.63) is 43.7 Å². The van der Waals surface area contributed by atoms with Gasteiger partial charge in [0.2, 0.25) is 0 Å². The predicted molar refractivity (Wildman–Crippen MR) is 111 cm³/mol. The number of aryl methyl sites for hydroxylation is 1. The van der Waals surface area contributed by atoms with Crippen molar-refractivity contribution >= 4 is 70.3 Å². The van der Waals surface area contributed by atoms with Gasteiger partial charge in [-0.25, -0.2) is 9.97 Å². The Hall–Kier alpha value is -1.42. The van der Waals surface area contributed by atoms with E-state index in [1.165, 1.54) is 0 Å². The summed E-state index contributed by atoms with van der Waals surface area (Å²) in [5.41, 5.74) is 3.84. The summed E-state index contributed by atoms with van der Waals surface area (Å²) in [4.78, 5) is 10.3. The molecule has 0 atom stereocenters. The summed E-state index contributed by atoms with van der Waals surface area (Å²) >= 11 is 10.3. The molecule has 1 N–H and O–H groups in total. The second-order valence-corrected chi connectivity index (χ2v) is 8.67. The molecular formula is C16H12Br2N4OS2. The normalized spacial score (nSPS) is 11.2. The van der Waals surface area contributed by atoms with E-state index in [2.05, 4.69) is 46.6 Å². The Labute approximate surface area is 169 Å². The Kier molecular flexibility index (Phi) is 4.57. The molecule has 9 heteroatoms. The van der Waals surface area contributed by atoms with Gasteiger partial charge in [0.25, 0.3) is 0 Å². The monoisotopic (exact) mass is 498 g/mol. The fourth-order valence-corrected chi connectivity index (χ4v) is 5.34. The third-order valence-corrected chi connectivity index (χ3v) is 6.43. The van der Waals surface area contributed by atoms with Crippen LogP contribution < -0.4 is 10.1 Å². The van der Waals surface area contributed by atoms with Crippen LogP contribution in [0.1, 0.15) is 5.69 Å². The smallest absolute Gasteiger partial charge is 0.194 e. The number of anilines is 2. The van der Waals surface area contributed by atoms with Crippen LogP contribution in [0.15, 0.2) is 38.0 Å². The molecule has 0 aliphatic rings. The lowest BCUT2D eigenvalue weighted by Crippen LogP contribution is -1.94. The molecule has 4 aromatic rings. The van der Waals surface area contributed by atoms with Crippen LogP contribution in [-0.4, -0.2) is 21.5 Å². The lowest BCUT2D eigenvalue weighted by atomic mass is 10.3. The van der Waals surface area contributed by atoms with Crippen LogP contribution in [0.4, 0.5) is 10.8 Å². The maximum Gasteiger partial charge on any atom is 0.194 e. The number of benzene rings is 1. The van der Waals surface area contributed by atoms with Gasteiger partial charge in [-0.1, -0.05) is 0 Å². The lowest BCUT2D eigenvalue weighted by molar-refractivity contribution is 0.414. The zero-order valence-corrected chi connectivity index (χ0v) is 18.0. The Balaban J connectivity index is 1.69. The average molecular weight is 500 g/mol. The molecule has 0 spiro atoms. The van der Waals surface area contributed by atoms with Crippen molar-refractivity contribution < 1.29 is 4.74 Å². The minimum Gasteiger partial charge on any atom is -0.497 e. The van der Waals surface area contributed by atoms with E-state index in [1.807, 2.05) is 36.0 Å². The summed E-state index contributed by atoms with van der Waals surface area (Å²) in [7, 11) is 1.65. The number of methoxy groups -OCH3 is 1. The molecule has 0 aliphatic heterocycles. The van der Waals surface area contributed by atoms with Crippen LogP contribution in [0.3, 0.4) is 0 Å². The molecule has 0 fully saturated rings. The third kappa shape index (κ3) is 3.10. The number of imidazole rings is 1. The summed E-state index contributed by atoms with van der Waals surface area (Å²) in [6.07, 6.45) is 2.03. The number of aromatic nitrogens is 3. The molecule has 5 nitrogen and oxygen atoms in total. The number of nitrogens with one attached hydrogen (secondary N) is 1. The van der Waals surface area contributed by atoms with Crippen molar-refractivity contribution in [2.45, 2.75) is 6.92 Å². The van der Waals surface area contributed by atoms with E-state index >= 15 is 0 Å². The Bertz CT molecular complexity index is 1050. The number of hydrogen-bond donors (Lipinski definition) is 1. The fraction of sp³-hybridized carbons (Fsp3) is 0.125. The SMILES string of the molecule is COc1cc(Br)c(Nc2nc(-c3c(C)nc4sccn34)cs2)c(Br)c1. The minimum absolute atomic E-state index is 0.777. The molecule has 3 aromatic heterocycles. The van der Waals surface area contributed by atoms with E-state index in [0.29, 0.717) is 0 Å². The first kappa shape index (κ1) is 17.0. The van der Waals surface area contributed by atoms with Crippen LogP contribution in [0, 0.1) is 6.92 Å². The van der Waals surface area contributed by atoms with Gasteiger partial charge in [0.05, 0.1) is 24.2 Å². The van der Waals surface area contributed by atoms with Gasteiger partial charge >= 0.3 is 0 Å². The molecule has 3 heterocycles. The first-order chi connectivity index (χ1) is 12.1. The fourth-order valence-electron chi connectivity index (χ4n) is 2.54. The van der Waals surface area contributed by atoms with Crippen LogP contribution in [-0.2, 0) is 0 Å². The Morgan fingerprint density at radius 3 is 2.64 bits per heavy atom. The van der Waals surface area contributed by atoms with Gasteiger partial charge in [-0.15, -0.1) is 22.7 Å². The van der Waals surface area contributed by atoms with Gasteiger partial charge in [0.1, 0.15) is 11.4 Å². The van der Waals surface area contributed by atoms with Crippen molar-refractivity contribution in [3.63, 3.8) is 0 Å². The zero-order chi connectivity index (χ0) is 17.6. The van der Waals surface area contributed by atoms with E-state index < -0.39 is 0 Å². The number of halogens is 2. The lowest BCUT2D eigenvalue weighted by Gasteiger charge is -2.10. The topological polar surface area (TPSA) is 51.5 Å². The van der Waals surface area contributed by atoms with Gasteiger partial charge in [-0.3, -0.25) is 4.40 Å². The molecule has 0 saturated heterocycles. The molecule has 128 valence electrons. The third-order valence-electron chi connectivity index (χ3n) is 3.67. The summed E-state index contributed by atoms with van der Waals surface area (Å²) < 4.78 is 9.15. The molecule has 4 rings (SSSR count). The van der Waals surface area contributed by atoms with Gasteiger partial charge in [0, 0.05) is 25.9 Å². The van der Waals surface area contributed by atoms with Crippen molar-refractivity contribution in [1.82, 2.24) is 14.4 Å². The average Bonchev–Trinajstić information content (AvgIpc) is 3.26. The molecule has 0 unspecified atom stereocenters. The highest BCUT2D eigenvalue weighted by molar-refractivity contribution is 9.11. The number of hydrogen-bond acceptors (Lipinski definition) is 6. The maximum absolute atomic E-state index is 5.27. The number of ether oxygens (including phenoxy) is 1. The minimum atomic E-state index is 0.777. The molecule has 1 aromatic carbocycles. The first-order valence-electron chi connectivity index (χ1n) is 7.25. The van der Waals surface area contributed by atoms with E-state index in [0.717, 1.165) is 47.6 Å². The second kappa shape index (κ2) is 6.71. The summed E-state index contributed by atoms with van der Waals surface area (Å²) in [5.74, 6) is 0.777. The van der Waals surface area contributed by atoms with Crippen molar-refractivity contribution in [1.29, 1.82) is 0 Å². The number of fused-ring (bicyclic) bond motifs is 1. The Morgan fingerprint density at radius 2 is 1.92 bits per heavy atom. The van der Waals surface area contributed by atoms with Crippen LogP contribution >= 0.6 is 54.5 Å². The molecule has 0 radical (unpaired) electrons. The number of thiazole rings is 2. The molecular weight excluding hydrogens is 488 g/mol. The molecule has 0 bridgehead atoms. The van der Waals surface area contributed by atoms with Crippen molar-refractivity contribution in [2.75, 3.05) is 12.4 Å². The van der Waals surface area contributed by atoms with Crippen molar-refractivity contribution in [2.24, 2.45) is 0 Å². The molecule has 0 aliphatic carbocycles. The van der Waals surface area contributed by atoms with Gasteiger partial charge in [-0.05, 0) is 50.9 Å². The van der Waals surface area contributed by atoms with E-state index in [1.54, 1.807) is 29.8 Å². The highest BCUT2D eigenvalue weighted by Gasteiger charge is 2.16. The second-order valence-electron chi connectivity index (χ2n) is 5.23. The van der Waals surface area contributed by atoms with E-state index in [9.17, 15) is 0 Å². The van der Waals surface area contributed by atoms with Crippen LogP contribution in [0.2, 0.25) is 0 Å². The van der Waals surface area contributed by atoms with Gasteiger partial charge < -0.3 is 10.1 Å². The largest absolute Gasteiger partial charge is 0.497 e. The highest BCUT2D eigenvalue weighted by atomic mass is 79.9. The summed E-state index contributed by atoms with van der Waals surface area (Å²) in [6, 6.07) is 3.83. The maximum atomic E-state index is 5.27. The summed E-state index contributed by atoms with van der Waals surface area (Å²) in [5, 5.41) is 8.25. The molecule has 0 amide bonds.